The Labute approximate surface area is 135 Å². The minimum atomic E-state index is -0.504. The minimum absolute atomic E-state index is 0.0863. The van der Waals surface area contributed by atoms with Crippen LogP contribution in [0.15, 0.2) is 29.7 Å². The van der Waals surface area contributed by atoms with Crippen LogP contribution in [-0.4, -0.2) is 30.0 Å². The van der Waals surface area contributed by atoms with E-state index in [0.29, 0.717) is 0 Å². The molecule has 1 aromatic rings. The summed E-state index contributed by atoms with van der Waals surface area (Å²) in [5, 5.41) is 10.5. The van der Waals surface area contributed by atoms with Crippen molar-refractivity contribution in [3.05, 3.63) is 40.9 Å². The number of halogens is 1. The Bertz CT molecular complexity index is 507. The lowest BCUT2D eigenvalue weighted by molar-refractivity contribution is 0.00578. The second-order valence-corrected chi connectivity index (χ2v) is 6.90. The molecule has 1 aliphatic heterocycles. The van der Waals surface area contributed by atoms with Gasteiger partial charge in [0.2, 0.25) is 0 Å². The zero-order chi connectivity index (χ0) is 15.7. The quantitative estimate of drug-likeness (QED) is 0.664. The summed E-state index contributed by atoms with van der Waals surface area (Å²) in [6, 6.07) is 8.16. The zero-order valence-corrected chi connectivity index (χ0v) is 14.6. The van der Waals surface area contributed by atoms with Gasteiger partial charge >= 0.3 is 7.12 Å². The molecule has 5 heteroatoms. The first kappa shape index (κ1) is 16.8. The van der Waals surface area contributed by atoms with Crippen molar-refractivity contribution in [3.63, 3.8) is 0 Å². The predicted octanol–water partition coefficient (Wildman–Crippen LogP) is 3.59. The molecule has 0 bridgehead atoms. The van der Waals surface area contributed by atoms with E-state index >= 15 is 0 Å². The standard InChI is InChI=1S/C16H22BBrO3/c1-15(2)16(3,4)21-17(20-15)14(11-19)9-12-5-7-13(10-18)8-6-12/h5-9,19H,10-11H2,1-4H3. The molecule has 0 unspecified atom stereocenters. The number of hydrogen-bond acceptors (Lipinski definition) is 3. The summed E-state index contributed by atoms with van der Waals surface area (Å²) in [6.45, 7) is 7.94. The molecule has 0 atom stereocenters. The molecule has 0 saturated carbocycles. The van der Waals surface area contributed by atoms with E-state index in [2.05, 4.69) is 28.1 Å². The topological polar surface area (TPSA) is 38.7 Å². The summed E-state index contributed by atoms with van der Waals surface area (Å²) in [5.41, 5.74) is 2.18. The third kappa shape index (κ3) is 3.59. The number of alkyl halides is 1. The van der Waals surface area contributed by atoms with Crippen molar-refractivity contribution in [3.8, 4) is 0 Å². The molecule has 1 aromatic carbocycles. The fourth-order valence-electron chi connectivity index (χ4n) is 2.10. The largest absolute Gasteiger partial charge is 0.492 e. The van der Waals surface area contributed by atoms with Crippen LogP contribution in [0.3, 0.4) is 0 Å². The first-order valence-electron chi connectivity index (χ1n) is 7.11. The maximum absolute atomic E-state index is 9.65. The number of rotatable bonds is 4. The first-order chi connectivity index (χ1) is 9.79. The van der Waals surface area contributed by atoms with Gasteiger partial charge < -0.3 is 14.4 Å². The number of hydrogen-bond donors (Lipinski definition) is 1. The Morgan fingerprint density at radius 2 is 1.67 bits per heavy atom. The fraction of sp³-hybridized carbons (Fsp3) is 0.500. The molecule has 1 heterocycles. The van der Waals surface area contributed by atoms with Gasteiger partial charge in [-0.05, 0) is 44.3 Å². The van der Waals surface area contributed by atoms with E-state index in [1.807, 2.05) is 45.9 Å². The molecule has 0 amide bonds. The molecule has 114 valence electrons. The summed E-state index contributed by atoms with van der Waals surface area (Å²) >= 11 is 3.43. The van der Waals surface area contributed by atoms with Crippen LogP contribution in [0, 0.1) is 0 Å². The van der Waals surface area contributed by atoms with Gasteiger partial charge in [-0.2, -0.15) is 0 Å². The molecular weight excluding hydrogens is 331 g/mol. The molecule has 1 N–H and O–H groups in total. The van der Waals surface area contributed by atoms with Crippen molar-refractivity contribution in [2.75, 3.05) is 6.61 Å². The van der Waals surface area contributed by atoms with Crippen molar-refractivity contribution in [1.29, 1.82) is 0 Å². The van der Waals surface area contributed by atoms with Crippen molar-refractivity contribution >= 4 is 29.1 Å². The van der Waals surface area contributed by atoms with E-state index < -0.39 is 18.3 Å². The Hall–Kier alpha value is -0.615. The van der Waals surface area contributed by atoms with Crippen LogP contribution in [0.5, 0.6) is 0 Å². The van der Waals surface area contributed by atoms with E-state index in [1.54, 1.807) is 0 Å². The van der Waals surface area contributed by atoms with Crippen LogP contribution in [0.1, 0.15) is 38.8 Å². The third-order valence-electron chi connectivity index (χ3n) is 4.22. The summed E-state index contributed by atoms with van der Waals surface area (Å²) in [7, 11) is -0.504. The van der Waals surface area contributed by atoms with Gasteiger partial charge in [0.15, 0.2) is 0 Å². The van der Waals surface area contributed by atoms with E-state index in [0.717, 1.165) is 16.4 Å². The van der Waals surface area contributed by atoms with Gasteiger partial charge in [0.25, 0.3) is 0 Å². The Balaban J connectivity index is 2.22. The van der Waals surface area contributed by atoms with Gasteiger partial charge in [0.05, 0.1) is 17.8 Å². The summed E-state index contributed by atoms with van der Waals surface area (Å²) in [6.07, 6.45) is 1.93. The van der Waals surface area contributed by atoms with E-state index in [1.165, 1.54) is 5.56 Å². The summed E-state index contributed by atoms with van der Waals surface area (Å²) in [4.78, 5) is 0. The van der Waals surface area contributed by atoms with Gasteiger partial charge in [-0.25, -0.2) is 0 Å². The average molecular weight is 353 g/mol. The highest BCUT2D eigenvalue weighted by atomic mass is 79.9. The lowest BCUT2D eigenvalue weighted by Crippen LogP contribution is -2.41. The first-order valence-corrected chi connectivity index (χ1v) is 8.23. The van der Waals surface area contributed by atoms with Crippen molar-refractivity contribution in [2.45, 2.75) is 44.2 Å². The average Bonchev–Trinajstić information content (AvgIpc) is 2.65. The normalized spacial score (nSPS) is 20.9. The van der Waals surface area contributed by atoms with Crippen molar-refractivity contribution in [2.24, 2.45) is 0 Å². The van der Waals surface area contributed by atoms with E-state index in [4.69, 9.17) is 9.31 Å². The molecule has 0 radical (unpaired) electrons. The highest BCUT2D eigenvalue weighted by molar-refractivity contribution is 9.08. The maximum atomic E-state index is 9.65. The van der Waals surface area contributed by atoms with Crippen molar-refractivity contribution in [1.82, 2.24) is 0 Å². The van der Waals surface area contributed by atoms with Gasteiger partial charge in [-0.15, -0.1) is 0 Å². The molecule has 1 saturated heterocycles. The van der Waals surface area contributed by atoms with Crippen LogP contribution in [0.4, 0.5) is 0 Å². The van der Waals surface area contributed by atoms with Crippen LogP contribution < -0.4 is 0 Å². The predicted molar refractivity (Wildman–Crippen MR) is 90.2 cm³/mol. The maximum Gasteiger partial charge on any atom is 0.492 e. The Kier molecular flexibility index (Phi) is 4.98. The number of aliphatic hydroxyl groups excluding tert-OH is 1. The Morgan fingerprint density at radius 1 is 1.14 bits per heavy atom. The monoisotopic (exact) mass is 352 g/mol. The second-order valence-electron chi connectivity index (χ2n) is 6.34. The molecule has 2 rings (SSSR count). The molecule has 0 aliphatic carbocycles. The number of aliphatic hydroxyl groups is 1. The van der Waals surface area contributed by atoms with Gasteiger partial charge in [-0.3, -0.25) is 0 Å². The Morgan fingerprint density at radius 3 is 2.10 bits per heavy atom. The van der Waals surface area contributed by atoms with Crippen molar-refractivity contribution < 1.29 is 14.4 Å². The van der Waals surface area contributed by atoms with Crippen LogP contribution >= 0.6 is 15.9 Å². The van der Waals surface area contributed by atoms with E-state index in [9.17, 15) is 5.11 Å². The zero-order valence-electron chi connectivity index (χ0n) is 13.0. The molecule has 21 heavy (non-hydrogen) atoms. The molecule has 3 nitrogen and oxygen atoms in total. The lowest BCUT2D eigenvalue weighted by atomic mass is 9.77. The van der Waals surface area contributed by atoms with Gasteiger partial charge in [0.1, 0.15) is 0 Å². The highest BCUT2D eigenvalue weighted by Crippen LogP contribution is 2.38. The van der Waals surface area contributed by atoms with E-state index in [-0.39, 0.29) is 6.61 Å². The molecule has 1 aliphatic rings. The molecule has 1 fully saturated rings. The smallest absolute Gasteiger partial charge is 0.400 e. The minimum Gasteiger partial charge on any atom is -0.400 e. The lowest BCUT2D eigenvalue weighted by Gasteiger charge is -2.32. The molecular formula is C16H22BBrO3. The number of benzene rings is 1. The van der Waals surface area contributed by atoms with Crippen LogP contribution in [0.2, 0.25) is 0 Å². The van der Waals surface area contributed by atoms with Gasteiger partial charge in [0, 0.05) is 5.33 Å². The highest BCUT2D eigenvalue weighted by Gasteiger charge is 2.52. The SMILES string of the molecule is CC1(C)OB(C(=Cc2ccc(CBr)cc2)CO)OC1(C)C. The molecule has 0 aromatic heterocycles. The third-order valence-corrected chi connectivity index (χ3v) is 4.87. The van der Waals surface area contributed by atoms with Crippen LogP contribution in [-0.2, 0) is 14.6 Å². The summed E-state index contributed by atoms with van der Waals surface area (Å²) < 4.78 is 12.0. The summed E-state index contributed by atoms with van der Waals surface area (Å²) in [5.74, 6) is 0. The second kappa shape index (κ2) is 6.25. The van der Waals surface area contributed by atoms with Crippen LogP contribution in [0.25, 0.3) is 6.08 Å². The fourth-order valence-corrected chi connectivity index (χ4v) is 2.47. The van der Waals surface area contributed by atoms with Gasteiger partial charge in [-0.1, -0.05) is 46.3 Å². The molecule has 0 spiro atoms.